The first-order valence-corrected chi connectivity index (χ1v) is 4.22. The molecule has 70 valence electrons. The first-order chi connectivity index (χ1) is 5.57. The van der Waals surface area contributed by atoms with Crippen LogP contribution >= 0.6 is 0 Å². The van der Waals surface area contributed by atoms with Crippen molar-refractivity contribution in [2.45, 2.75) is 44.6 Å². The lowest BCUT2D eigenvalue weighted by Gasteiger charge is -2.26. The normalized spacial score (nSPS) is 45.8. The van der Waals surface area contributed by atoms with Gasteiger partial charge < -0.3 is 19.3 Å². The second kappa shape index (κ2) is 2.67. The number of fused-ring (bicyclic) bond motifs is 1. The summed E-state index contributed by atoms with van der Waals surface area (Å²) >= 11 is 0. The smallest absolute Gasteiger partial charge is 0.187 e. The number of aliphatic hydroxyl groups is 1. The summed E-state index contributed by atoms with van der Waals surface area (Å²) in [6.07, 6.45) is -0.204. The van der Waals surface area contributed by atoms with Gasteiger partial charge in [-0.1, -0.05) is 0 Å². The van der Waals surface area contributed by atoms with Crippen LogP contribution in [-0.4, -0.2) is 36.0 Å². The van der Waals surface area contributed by atoms with E-state index in [0.29, 0.717) is 13.0 Å². The Labute approximate surface area is 71.4 Å². The third kappa shape index (κ3) is 1.47. The SMILES string of the molecule is CC1(C)OC2CC(O)COC2O1. The van der Waals surface area contributed by atoms with Gasteiger partial charge in [-0.3, -0.25) is 0 Å². The van der Waals surface area contributed by atoms with Crippen molar-refractivity contribution < 1.29 is 19.3 Å². The molecule has 3 unspecified atom stereocenters. The highest BCUT2D eigenvalue weighted by Crippen LogP contribution is 2.33. The van der Waals surface area contributed by atoms with Crippen LogP contribution in [0.25, 0.3) is 0 Å². The zero-order valence-corrected chi connectivity index (χ0v) is 7.32. The van der Waals surface area contributed by atoms with Gasteiger partial charge in [0.05, 0.1) is 12.7 Å². The fraction of sp³-hybridized carbons (Fsp3) is 1.00. The lowest BCUT2D eigenvalue weighted by atomic mass is 10.1. The van der Waals surface area contributed by atoms with Gasteiger partial charge >= 0.3 is 0 Å². The maximum absolute atomic E-state index is 9.27. The molecule has 0 aromatic rings. The van der Waals surface area contributed by atoms with Gasteiger partial charge in [-0.2, -0.15) is 0 Å². The predicted octanol–water partition coefficient (Wildman–Crippen LogP) is 0.245. The fourth-order valence-electron chi connectivity index (χ4n) is 1.65. The summed E-state index contributed by atoms with van der Waals surface area (Å²) in [5.41, 5.74) is 0. The van der Waals surface area contributed by atoms with E-state index in [9.17, 15) is 5.11 Å². The Balaban J connectivity index is 2.02. The number of aliphatic hydroxyl groups excluding tert-OH is 1. The maximum atomic E-state index is 9.27. The van der Waals surface area contributed by atoms with Crippen molar-refractivity contribution in [3.05, 3.63) is 0 Å². The lowest BCUT2D eigenvalue weighted by Crippen LogP contribution is -2.38. The Kier molecular flexibility index (Phi) is 1.88. The summed E-state index contributed by atoms with van der Waals surface area (Å²) in [6, 6.07) is 0. The van der Waals surface area contributed by atoms with Crippen LogP contribution in [0.3, 0.4) is 0 Å². The summed E-state index contributed by atoms with van der Waals surface area (Å²) in [5.74, 6) is -0.570. The van der Waals surface area contributed by atoms with Crippen LogP contribution in [0.4, 0.5) is 0 Å². The summed E-state index contributed by atoms with van der Waals surface area (Å²) in [4.78, 5) is 0. The van der Waals surface area contributed by atoms with E-state index in [4.69, 9.17) is 14.2 Å². The molecule has 2 rings (SSSR count). The fourth-order valence-corrected chi connectivity index (χ4v) is 1.65. The zero-order valence-electron chi connectivity index (χ0n) is 7.32. The standard InChI is InChI=1S/C8H14O4/c1-8(2)11-6-3-5(9)4-10-7(6)12-8/h5-7,9H,3-4H2,1-2H3. The van der Waals surface area contributed by atoms with Crippen molar-refractivity contribution in [2.24, 2.45) is 0 Å². The molecule has 4 heteroatoms. The van der Waals surface area contributed by atoms with Crippen molar-refractivity contribution in [1.82, 2.24) is 0 Å². The Morgan fingerprint density at radius 3 is 2.83 bits per heavy atom. The van der Waals surface area contributed by atoms with Crippen LogP contribution in [-0.2, 0) is 14.2 Å². The summed E-state index contributed by atoms with van der Waals surface area (Å²) in [6.45, 7) is 4.04. The Morgan fingerprint density at radius 2 is 2.08 bits per heavy atom. The molecule has 0 aromatic heterocycles. The molecule has 4 nitrogen and oxygen atoms in total. The second-order valence-electron chi connectivity index (χ2n) is 3.77. The van der Waals surface area contributed by atoms with Crippen LogP contribution in [0.15, 0.2) is 0 Å². The van der Waals surface area contributed by atoms with Gasteiger partial charge in [0, 0.05) is 6.42 Å². The average molecular weight is 174 g/mol. The highest BCUT2D eigenvalue weighted by molar-refractivity contribution is 4.81. The van der Waals surface area contributed by atoms with Crippen LogP contribution < -0.4 is 0 Å². The van der Waals surface area contributed by atoms with Gasteiger partial charge in [-0.15, -0.1) is 0 Å². The maximum Gasteiger partial charge on any atom is 0.187 e. The predicted molar refractivity (Wildman–Crippen MR) is 40.4 cm³/mol. The topological polar surface area (TPSA) is 47.9 Å². The monoisotopic (exact) mass is 174 g/mol. The van der Waals surface area contributed by atoms with E-state index in [-0.39, 0.29) is 12.4 Å². The molecular weight excluding hydrogens is 160 g/mol. The van der Waals surface area contributed by atoms with Crippen molar-refractivity contribution in [2.75, 3.05) is 6.61 Å². The van der Waals surface area contributed by atoms with Crippen molar-refractivity contribution in [1.29, 1.82) is 0 Å². The molecule has 0 aromatic carbocycles. The van der Waals surface area contributed by atoms with Crippen molar-refractivity contribution >= 4 is 0 Å². The van der Waals surface area contributed by atoms with Gasteiger partial charge in [0.15, 0.2) is 12.1 Å². The molecule has 12 heavy (non-hydrogen) atoms. The van der Waals surface area contributed by atoms with Crippen LogP contribution in [0.5, 0.6) is 0 Å². The quantitative estimate of drug-likeness (QED) is 0.571. The molecule has 1 N–H and O–H groups in total. The minimum atomic E-state index is -0.570. The summed E-state index contributed by atoms with van der Waals surface area (Å²) in [7, 11) is 0. The number of ether oxygens (including phenoxy) is 3. The Hall–Kier alpha value is -0.160. The molecule has 2 heterocycles. The van der Waals surface area contributed by atoms with E-state index in [1.54, 1.807) is 0 Å². The number of rotatable bonds is 0. The highest BCUT2D eigenvalue weighted by Gasteiger charge is 2.45. The first-order valence-electron chi connectivity index (χ1n) is 4.22. The minimum Gasteiger partial charge on any atom is -0.391 e. The van der Waals surface area contributed by atoms with E-state index in [2.05, 4.69) is 0 Å². The van der Waals surface area contributed by atoms with Crippen LogP contribution in [0, 0.1) is 0 Å². The third-order valence-corrected chi connectivity index (χ3v) is 2.10. The molecular formula is C8H14O4. The largest absolute Gasteiger partial charge is 0.391 e. The molecule has 0 radical (unpaired) electrons. The first kappa shape index (κ1) is 8.44. The molecule has 2 aliphatic rings. The second-order valence-corrected chi connectivity index (χ2v) is 3.77. The number of hydrogen-bond donors (Lipinski definition) is 1. The van der Waals surface area contributed by atoms with E-state index >= 15 is 0 Å². The average Bonchev–Trinajstić information content (AvgIpc) is 2.21. The molecule has 2 aliphatic heterocycles. The Morgan fingerprint density at radius 1 is 1.33 bits per heavy atom. The van der Waals surface area contributed by atoms with E-state index in [0.717, 1.165) is 0 Å². The van der Waals surface area contributed by atoms with E-state index in [1.807, 2.05) is 13.8 Å². The van der Waals surface area contributed by atoms with E-state index < -0.39 is 11.9 Å². The van der Waals surface area contributed by atoms with Gasteiger partial charge in [0.25, 0.3) is 0 Å². The molecule has 3 atom stereocenters. The van der Waals surface area contributed by atoms with Crippen LogP contribution in [0.2, 0.25) is 0 Å². The van der Waals surface area contributed by atoms with Gasteiger partial charge in [0.2, 0.25) is 0 Å². The highest BCUT2D eigenvalue weighted by atomic mass is 16.8. The van der Waals surface area contributed by atoms with Gasteiger partial charge in [0.1, 0.15) is 6.10 Å². The number of hydrogen-bond acceptors (Lipinski definition) is 4. The molecule has 2 saturated heterocycles. The Bertz CT molecular complexity index is 180. The molecule has 0 aliphatic carbocycles. The lowest BCUT2D eigenvalue weighted by molar-refractivity contribution is -0.200. The van der Waals surface area contributed by atoms with Gasteiger partial charge in [-0.05, 0) is 13.8 Å². The van der Waals surface area contributed by atoms with E-state index in [1.165, 1.54) is 0 Å². The summed E-state index contributed by atoms with van der Waals surface area (Å²) in [5, 5.41) is 9.27. The zero-order chi connectivity index (χ0) is 8.77. The molecule has 0 spiro atoms. The molecule has 0 saturated carbocycles. The molecule has 0 amide bonds. The summed E-state index contributed by atoms with van der Waals surface area (Å²) < 4.78 is 16.2. The minimum absolute atomic E-state index is 0.108. The van der Waals surface area contributed by atoms with Gasteiger partial charge in [-0.25, -0.2) is 0 Å². The van der Waals surface area contributed by atoms with Crippen LogP contribution in [0.1, 0.15) is 20.3 Å². The molecule has 2 fully saturated rings. The van der Waals surface area contributed by atoms with Crippen molar-refractivity contribution in [3.8, 4) is 0 Å². The third-order valence-electron chi connectivity index (χ3n) is 2.10. The van der Waals surface area contributed by atoms with Crippen molar-refractivity contribution in [3.63, 3.8) is 0 Å². The molecule has 0 bridgehead atoms.